The SMILES string of the molecule is Cc1ccc(NC(=O)c2ccc3nc(-c4c(C)cc(OC[C@H]5COC(C)(C)O5)cc4C)[nH]c3c2)cc1C. The molecule has 3 aromatic carbocycles. The van der Waals surface area contributed by atoms with Gasteiger partial charge in [0.2, 0.25) is 0 Å². The van der Waals surface area contributed by atoms with Gasteiger partial charge in [0.15, 0.2) is 5.79 Å². The zero-order valence-electron chi connectivity index (χ0n) is 22.2. The minimum atomic E-state index is -0.564. The lowest BCUT2D eigenvalue weighted by atomic mass is 10.0. The Morgan fingerprint density at radius 3 is 2.46 bits per heavy atom. The first-order valence-corrected chi connectivity index (χ1v) is 12.5. The monoisotopic (exact) mass is 499 g/mol. The summed E-state index contributed by atoms with van der Waals surface area (Å²) in [5.74, 6) is 0.826. The molecule has 1 aliphatic heterocycles. The number of carbonyl (C=O) groups excluding carboxylic acids is 1. The Bertz CT molecular complexity index is 1460. The lowest BCUT2D eigenvalue weighted by Gasteiger charge is -2.18. The molecule has 2 heterocycles. The molecule has 37 heavy (non-hydrogen) atoms. The molecule has 0 saturated carbocycles. The quantitative estimate of drug-likeness (QED) is 0.328. The van der Waals surface area contributed by atoms with Crippen molar-refractivity contribution in [3.05, 3.63) is 76.3 Å². The Kier molecular flexibility index (Phi) is 6.52. The van der Waals surface area contributed by atoms with Gasteiger partial charge in [-0.2, -0.15) is 0 Å². The summed E-state index contributed by atoms with van der Waals surface area (Å²) in [7, 11) is 0. The van der Waals surface area contributed by atoms with Gasteiger partial charge in [0, 0.05) is 16.8 Å². The fraction of sp³-hybridized carbons (Fsp3) is 0.333. The second-order valence-electron chi connectivity index (χ2n) is 10.3. The molecule has 7 heteroatoms. The van der Waals surface area contributed by atoms with Crippen LogP contribution < -0.4 is 10.1 Å². The van der Waals surface area contributed by atoms with Crippen LogP contribution in [-0.2, 0) is 9.47 Å². The minimum Gasteiger partial charge on any atom is -0.491 e. The molecule has 192 valence electrons. The molecule has 0 unspecified atom stereocenters. The van der Waals surface area contributed by atoms with E-state index >= 15 is 0 Å². The summed E-state index contributed by atoms with van der Waals surface area (Å²) in [6, 6.07) is 15.4. The van der Waals surface area contributed by atoms with Gasteiger partial charge < -0.3 is 24.5 Å². The van der Waals surface area contributed by atoms with Crippen LogP contribution in [0.3, 0.4) is 0 Å². The Hall–Kier alpha value is -3.68. The highest BCUT2D eigenvalue weighted by Gasteiger charge is 2.33. The van der Waals surface area contributed by atoms with E-state index in [9.17, 15) is 4.79 Å². The summed E-state index contributed by atoms with van der Waals surface area (Å²) in [5, 5.41) is 2.99. The van der Waals surface area contributed by atoms with Crippen molar-refractivity contribution >= 4 is 22.6 Å². The second-order valence-corrected chi connectivity index (χ2v) is 10.3. The van der Waals surface area contributed by atoms with Gasteiger partial charge in [-0.1, -0.05) is 6.07 Å². The van der Waals surface area contributed by atoms with Crippen LogP contribution in [0.15, 0.2) is 48.5 Å². The number of ether oxygens (including phenoxy) is 3. The largest absolute Gasteiger partial charge is 0.491 e. The summed E-state index contributed by atoms with van der Waals surface area (Å²) in [5.41, 5.74) is 8.40. The van der Waals surface area contributed by atoms with Crippen LogP contribution in [0.25, 0.3) is 22.4 Å². The van der Waals surface area contributed by atoms with E-state index in [2.05, 4.69) is 17.2 Å². The third-order valence-electron chi connectivity index (χ3n) is 6.76. The number of hydrogen-bond acceptors (Lipinski definition) is 5. The molecule has 0 bridgehead atoms. The van der Waals surface area contributed by atoms with E-state index in [1.165, 1.54) is 5.56 Å². The molecule has 0 radical (unpaired) electrons. The third-order valence-corrected chi connectivity index (χ3v) is 6.76. The molecule has 1 aromatic heterocycles. The van der Waals surface area contributed by atoms with Crippen molar-refractivity contribution in [1.82, 2.24) is 9.97 Å². The molecular weight excluding hydrogens is 466 g/mol. The molecule has 5 rings (SSSR count). The summed E-state index contributed by atoms with van der Waals surface area (Å²) >= 11 is 0. The number of aromatic nitrogens is 2. The highest BCUT2D eigenvalue weighted by atomic mass is 16.7. The van der Waals surface area contributed by atoms with Crippen molar-refractivity contribution in [1.29, 1.82) is 0 Å². The summed E-state index contributed by atoms with van der Waals surface area (Å²) in [6.45, 7) is 12.9. The number of amides is 1. The van der Waals surface area contributed by atoms with E-state index in [4.69, 9.17) is 19.2 Å². The van der Waals surface area contributed by atoms with Gasteiger partial charge in [-0.05, 0) is 106 Å². The number of nitrogens with zero attached hydrogens (tertiary/aromatic N) is 1. The molecule has 4 aromatic rings. The van der Waals surface area contributed by atoms with E-state index in [0.717, 1.165) is 50.5 Å². The molecule has 7 nitrogen and oxygen atoms in total. The number of fused-ring (bicyclic) bond motifs is 1. The minimum absolute atomic E-state index is 0.0907. The number of aryl methyl sites for hydroxylation is 4. The van der Waals surface area contributed by atoms with Crippen molar-refractivity contribution in [2.24, 2.45) is 0 Å². The fourth-order valence-corrected chi connectivity index (χ4v) is 4.71. The average molecular weight is 500 g/mol. The molecule has 0 aliphatic carbocycles. The Morgan fingerprint density at radius 1 is 1.03 bits per heavy atom. The van der Waals surface area contributed by atoms with Crippen molar-refractivity contribution in [2.75, 3.05) is 18.5 Å². The van der Waals surface area contributed by atoms with E-state index in [1.807, 2.05) is 77.1 Å². The number of rotatable bonds is 6. The smallest absolute Gasteiger partial charge is 0.255 e. The Labute approximate surface area is 217 Å². The Morgan fingerprint density at radius 2 is 1.78 bits per heavy atom. The topological polar surface area (TPSA) is 85.5 Å². The first kappa shape index (κ1) is 25.0. The van der Waals surface area contributed by atoms with E-state index in [1.54, 1.807) is 6.07 Å². The predicted molar refractivity (Wildman–Crippen MR) is 145 cm³/mol. The highest BCUT2D eigenvalue weighted by molar-refractivity contribution is 6.06. The number of anilines is 1. The molecule has 1 saturated heterocycles. The number of hydrogen-bond donors (Lipinski definition) is 2. The predicted octanol–water partition coefficient (Wildman–Crippen LogP) is 6.25. The number of imidazole rings is 1. The Balaban J connectivity index is 1.33. The van der Waals surface area contributed by atoms with Crippen LogP contribution in [-0.4, -0.2) is 41.0 Å². The molecule has 1 aliphatic rings. The molecular formula is C30H33N3O4. The van der Waals surface area contributed by atoms with Crippen molar-refractivity contribution in [2.45, 2.75) is 53.4 Å². The average Bonchev–Trinajstić information content (AvgIpc) is 3.41. The number of benzene rings is 3. The maximum absolute atomic E-state index is 12.9. The number of carbonyl (C=O) groups is 1. The molecule has 1 atom stereocenters. The highest BCUT2D eigenvalue weighted by Crippen LogP contribution is 2.31. The third kappa shape index (κ3) is 5.38. The van der Waals surface area contributed by atoms with Crippen molar-refractivity contribution in [3.8, 4) is 17.1 Å². The summed E-state index contributed by atoms with van der Waals surface area (Å²) in [6.07, 6.45) is -0.0907. The zero-order chi connectivity index (χ0) is 26.3. The van der Waals surface area contributed by atoms with E-state index in [-0.39, 0.29) is 12.0 Å². The standard InChI is InChI=1S/C30H33N3O4/c1-17-7-9-22(11-18(17)2)31-29(34)21-8-10-25-26(14-21)33-28(32-25)27-19(3)12-23(13-20(27)4)35-15-24-16-36-30(5,6)37-24/h7-14,24H,15-16H2,1-6H3,(H,31,34)(H,32,33)/t24-/m0/s1. The molecule has 1 fully saturated rings. The van der Waals surface area contributed by atoms with Gasteiger partial charge >= 0.3 is 0 Å². The number of H-pyrrole nitrogens is 1. The molecule has 2 N–H and O–H groups in total. The summed E-state index contributed by atoms with van der Waals surface area (Å²) < 4.78 is 17.5. The zero-order valence-corrected chi connectivity index (χ0v) is 22.2. The normalized spacial score (nSPS) is 16.8. The first-order chi connectivity index (χ1) is 17.6. The van der Waals surface area contributed by atoms with Crippen LogP contribution in [0.4, 0.5) is 5.69 Å². The van der Waals surface area contributed by atoms with Crippen LogP contribution in [0.5, 0.6) is 5.75 Å². The van der Waals surface area contributed by atoms with Gasteiger partial charge in [-0.25, -0.2) is 4.98 Å². The van der Waals surface area contributed by atoms with E-state index in [0.29, 0.717) is 18.8 Å². The molecule has 0 spiro atoms. The number of nitrogens with one attached hydrogen (secondary N) is 2. The van der Waals surface area contributed by atoms with Crippen LogP contribution >= 0.6 is 0 Å². The fourth-order valence-electron chi connectivity index (χ4n) is 4.71. The van der Waals surface area contributed by atoms with E-state index < -0.39 is 5.79 Å². The van der Waals surface area contributed by atoms with Gasteiger partial charge in [0.05, 0.1) is 17.6 Å². The lowest BCUT2D eigenvalue weighted by Crippen LogP contribution is -2.25. The lowest BCUT2D eigenvalue weighted by molar-refractivity contribution is -0.141. The number of aromatic amines is 1. The second kappa shape index (κ2) is 9.65. The summed E-state index contributed by atoms with van der Waals surface area (Å²) in [4.78, 5) is 21.1. The van der Waals surface area contributed by atoms with Gasteiger partial charge in [0.1, 0.15) is 24.3 Å². The van der Waals surface area contributed by atoms with Crippen LogP contribution in [0, 0.1) is 27.7 Å². The maximum Gasteiger partial charge on any atom is 0.255 e. The molecule has 1 amide bonds. The van der Waals surface area contributed by atoms with Gasteiger partial charge in [0.25, 0.3) is 5.91 Å². The first-order valence-electron chi connectivity index (χ1n) is 12.5. The van der Waals surface area contributed by atoms with Crippen molar-refractivity contribution < 1.29 is 19.0 Å². The maximum atomic E-state index is 12.9. The van der Waals surface area contributed by atoms with Crippen LogP contribution in [0.1, 0.15) is 46.5 Å². The van der Waals surface area contributed by atoms with Crippen LogP contribution in [0.2, 0.25) is 0 Å². The van der Waals surface area contributed by atoms with Gasteiger partial charge in [-0.3, -0.25) is 4.79 Å². The van der Waals surface area contributed by atoms with Gasteiger partial charge in [-0.15, -0.1) is 0 Å². The van der Waals surface area contributed by atoms with Crippen molar-refractivity contribution in [3.63, 3.8) is 0 Å².